The number of hydrogen-bond acceptors (Lipinski definition) is 11. The summed E-state index contributed by atoms with van der Waals surface area (Å²) in [5.74, 6) is -3.94. The van der Waals surface area contributed by atoms with Gasteiger partial charge < -0.3 is 33.5 Å². The minimum Gasteiger partial charge on any atom is -0.462 e. The van der Waals surface area contributed by atoms with Crippen LogP contribution in [0, 0.1) is 11.8 Å². The highest BCUT2D eigenvalue weighted by molar-refractivity contribution is 5.89. The molecule has 0 amide bonds. The Morgan fingerprint density at radius 1 is 1.00 bits per heavy atom. The van der Waals surface area contributed by atoms with Gasteiger partial charge in [0.1, 0.15) is 12.2 Å². The summed E-state index contributed by atoms with van der Waals surface area (Å²) in [6, 6.07) is 8.38. The Morgan fingerprint density at radius 2 is 1.66 bits per heavy atom. The average molecular weight is 613 g/mol. The first-order chi connectivity index (χ1) is 20.7. The molecular formula is C33H40O11. The topological polar surface area (TPSA) is 147 Å². The molecule has 238 valence electrons. The van der Waals surface area contributed by atoms with Crippen molar-refractivity contribution in [1.29, 1.82) is 0 Å². The molecule has 0 spiro atoms. The number of aliphatic hydroxyl groups excluding tert-OH is 1. The molecule has 0 aromatic heterocycles. The number of fused-ring (bicyclic) bond motifs is 2. The van der Waals surface area contributed by atoms with Crippen molar-refractivity contribution in [2.45, 2.75) is 96.8 Å². The van der Waals surface area contributed by atoms with E-state index < -0.39 is 78.1 Å². The van der Waals surface area contributed by atoms with Gasteiger partial charge in [-0.05, 0) is 57.4 Å². The normalized spacial score (nSPS) is 30.5. The molecule has 0 unspecified atom stereocenters. The van der Waals surface area contributed by atoms with Crippen LogP contribution in [-0.4, -0.2) is 71.4 Å². The molecule has 0 bridgehead atoms. The number of carbonyl (C=O) groups excluding carboxylic acids is 4. The van der Waals surface area contributed by atoms with Crippen LogP contribution < -0.4 is 0 Å². The van der Waals surface area contributed by atoms with E-state index in [1.807, 2.05) is 20.8 Å². The van der Waals surface area contributed by atoms with Crippen molar-refractivity contribution >= 4 is 23.9 Å². The lowest BCUT2D eigenvalue weighted by atomic mass is 9.73. The molecule has 1 saturated carbocycles. The summed E-state index contributed by atoms with van der Waals surface area (Å²) in [6.45, 7) is 13.4. The number of epoxide rings is 1. The van der Waals surface area contributed by atoms with Crippen LogP contribution in [0.1, 0.15) is 64.7 Å². The van der Waals surface area contributed by atoms with Gasteiger partial charge in [0.05, 0.1) is 23.3 Å². The summed E-state index contributed by atoms with van der Waals surface area (Å²) < 4.78 is 34.7. The second kappa shape index (κ2) is 13.4. The molecule has 44 heavy (non-hydrogen) atoms. The van der Waals surface area contributed by atoms with E-state index in [2.05, 4.69) is 6.58 Å². The fourth-order valence-corrected chi connectivity index (χ4v) is 6.02. The standard InChI is InChI=1S/C33H40O11/c1-17(2)15-25(40-19(4)34)28(41-20(5)35)24-16-39-32(42-21(6)36)26-18(3)27(37)29(30-33(7,44-30)14-13-23(24)26)43-31(38)22-11-9-8-10-12-22/h8-12,15-16,23,25-30,32,37H,3,13-14H2,1-2,4-7H3/t23-,25-,26+,27+,28+,29+,30-,32+,33+/m1/s1. The van der Waals surface area contributed by atoms with Gasteiger partial charge >= 0.3 is 23.9 Å². The van der Waals surface area contributed by atoms with Gasteiger partial charge in [0.25, 0.3) is 0 Å². The molecule has 1 aromatic carbocycles. The van der Waals surface area contributed by atoms with Gasteiger partial charge in [0.15, 0.2) is 18.3 Å². The second-order valence-corrected chi connectivity index (χ2v) is 11.9. The average Bonchev–Trinajstić information content (AvgIpc) is 3.61. The molecule has 0 radical (unpaired) electrons. The van der Waals surface area contributed by atoms with E-state index in [9.17, 15) is 24.3 Å². The Hall–Kier alpha value is -3.96. The Balaban J connectivity index is 1.78. The van der Waals surface area contributed by atoms with Gasteiger partial charge in [-0.25, -0.2) is 4.79 Å². The van der Waals surface area contributed by atoms with Crippen molar-refractivity contribution < 1.29 is 52.7 Å². The third kappa shape index (κ3) is 7.39. The van der Waals surface area contributed by atoms with Crippen molar-refractivity contribution in [1.82, 2.24) is 0 Å². The maximum Gasteiger partial charge on any atom is 0.338 e. The lowest BCUT2D eigenvalue weighted by molar-refractivity contribution is -0.184. The van der Waals surface area contributed by atoms with Crippen molar-refractivity contribution in [2.24, 2.45) is 11.8 Å². The highest BCUT2D eigenvalue weighted by Gasteiger charge is 2.62. The van der Waals surface area contributed by atoms with E-state index in [0.717, 1.165) is 5.57 Å². The van der Waals surface area contributed by atoms with Gasteiger partial charge in [0, 0.05) is 32.3 Å². The van der Waals surface area contributed by atoms with Crippen LogP contribution in [0.3, 0.4) is 0 Å². The third-order valence-electron chi connectivity index (χ3n) is 8.06. The Bertz CT molecular complexity index is 1340. The van der Waals surface area contributed by atoms with Crippen LogP contribution in [0.4, 0.5) is 0 Å². The highest BCUT2D eigenvalue weighted by Crippen LogP contribution is 2.52. The van der Waals surface area contributed by atoms with Crippen LogP contribution in [0.5, 0.6) is 0 Å². The van der Waals surface area contributed by atoms with Crippen LogP contribution in [-0.2, 0) is 42.8 Å². The smallest absolute Gasteiger partial charge is 0.338 e. The molecule has 2 heterocycles. The van der Waals surface area contributed by atoms with E-state index >= 15 is 0 Å². The molecule has 1 saturated heterocycles. The summed E-state index contributed by atoms with van der Waals surface area (Å²) in [7, 11) is 0. The molecule has 3 aliphatic rings. The zero-order valence-electron chi connectivity index (χ0n) is 25.8. The van der Waals surface area contributed by atoms with Crippen LogP contribution in [0.15, 0.2) is 66.0 Å². The van der Waals surface area contributed by atoms with Gasteiger partial charge in [-0.2, -0.15) is 0 Å². The molecule has 11 heteroatoms. The van der Waals surface area contributed by atoms with Crippen molar-refractivity contribution in [3.05, 3.63) is 71.5 Å². The number of rotatable bonds is 8. The monoisotopic (exact) mass is 612 g/mol. The maximum atomic E-state index is 13.1. The molecule has 2 fully saturated rings. The third-order valence-corrected chi connectivity index (χ3v) is 8.06. The number of esters is 4. The minimum absolute atomic E-state index is 0.172. The van der Waals surface area contributed by atoms with Gasteiger partial charge in [-0.1, -0.05) is 30.4 Å². The van der Waals surface area contributed by atoms with Crippen molar-refractivity contribution in [2.75, 3.05) is 0 Å². The molecule has 11 nitrogen and oxygen atoms in total. The number of benzene rings is 1. The zero-order chi connectivity index (χ0) is 32.3. The zero-order valence-corrected chi connectivity index (χ0v) is 25.8. The van der Waals surface area contributed by atoms with Crippen LogP contribution in [0.25, 0.3) is 0 Å². The molecular weight excluding hydrogens is 572 g/mol. The first-order valence-electron chi connectivity index (χ1n) is 14.5. The number of carbonyl (C=O) groups is 4. The first-order valence-corrected chi connectivity index (χ1v) is 14.5. The van der Waals surface area contributed by atoms with Crippen LogP contribution in [0.2, 0.25) is 0 Å². The van der Waals surface area contributed by atoms with Crippen molar-refractivity contribution in [3.8, 4) is 0 Å². The van der Waals surface area contributed by atoms with E-state index in [0.29, 0.717) is 24.0 Å². The quantitative estimate of drug-likeness (QED) is 0.197. The maximum absolute atomic E-state index is 13.1. The second-order valence-electron chi connectivity index (χ2n) is 11.9. The van der Waals surface area contributed by atoms with Gasteiger partial charge in [-0.3, -0.25) is 14.4 Å². The molecule has 4 rings (SSSR count). The lowest BCUT2D eigenvalue weighted by Gasteiger charge is -2.42. The molecule has 1 aliphatic carbocycles. The minimum atomic E-state index is -1.45. The van der Waals surface area contributed by atoms with E-state index in [1.54, 1.807) is 36.4 Å². The summed E-state index contributed by atoms with van der Waals surface area (Å²) in [5.41, 5.74) is 0.940. The largest absolute Gasteiger partial charge is 0.462 e. The van der Waals surface area contributed by atoms with Gasteiger partial charge in [0.2, 0.25) is 6.29 Å². The molecule has 9 atom stereocenters. The van der Waals surface area contributed by atoms with Gasteiger partial charge in [-0.15, -0.1) is 0 Å². The number of ether oxygens (including phenoxy) is 6. The van der Waals surface area contributed by atoms with E-state index in [1.165, 1.54) is 27.0 Å². The van der Waals surface area contributed by atoms with E-state index in [4.69, 9.17) is 28.4 Å². The van der Waals surface area contributed by atoms with Crippen molar-refractivity contribution in [3.63, 3.8) is 0 Å². The summed E-state index contributed by atoms with van der Waals surface area (Å²) in [4.78, 5) is 49.7. The number of allylic oxidation sites excluding steroid dienone is 1. The highest BCUT2D eigenvalue weighted by atomic mass is 16.7. The molecule has 1 N–H and O–H groups in total. The Morgan fingerprint density at radius 3 is 2.25 bits per heavy atom. The summed E-state index contributed by atoms with van der Waals surface area (Å²) >= 11 is 0. The summed E-state index contributed by atoms with van der Waals surface area (Å²) in [5, 5.41) is 11.7. The predicted molar refractivity (Wildman–Crippen MR) is 156 cm³/mol. The predicted octanol–water partition coefficient (Wildman–Crippen LogP) is 3.95. The molecule has 1 aromatic rings. The number of aliphatic hydroxyl groups is 1. The fraction of sp³-hybridized carbons (Fsp3) is 0.515. The molecule has 2 aliphatic heterocycles. The Kier molecular flexibility index (Phi) is 10.00. The fourth-order valence-electron chi connectivity index (χ4n) is 6.02. The van der Waals surface area contributed by atoms with Crippen LogP contribution >= 0.6 is 0 Å². The first kappa shape index (κ1) is 32.9. The summed E-state index contributed by atoms with van der Waals surface area (Å²) in [6.07, 6.45) is -2.71. The Labute approximate surface area is 256 Å². The number of hydrogen-bond donors (Lipinski definition) is 1. The lowest BCUT2D eigenvalue weighted by Crippen LogP contribution is -2.47. The van der Waals surface area contributed by atoms with E-state index in [-0.39, 0.29) is 5.57 Å². The SMILES string of the molecule is C=C1[C@@H]2[C@H](OC(C)=O)OC=C([C@H](OC(C)=O)[C@@H](C=C(C)C)OC(C)=O)[C@H]2CC[C@]2(C)O[C@@H]2[C@@H](OC(=O)c2ccccc2)[C@H]1O.